The van der Waals surface area contributed by atoms with Gasteiger partial charge in [-0.1, -0.05) is 29.8 Å². The highest BCUT2D eigenvalue weighted by Crippen LogP contribution is 2.33. The van der Waals surface area contributed by atoms with Gasteiger partial charge in [0.25, 0.3) is 0 Å². The minimum Gasteiger partial charge on any atom is -0.454 e. The van der Waals surface area contributed by atoms with Crippen LogP contribution in [0.5, 0.6) is 11.5 Å². The molecule has 2 aromatic carbocycles. The van der Waals surface area contributed by atoms with Gasteiger partial charge >= 0.3 is 0 Å². The fourth-order valence-electron chi connectivity index (χ4n) is 3.31. The van der Waals surface area contributed by atoms with Crippen LogP contribution in [-0.4, -0.2) is 23.7 Å². The van der Waals surface area contributed by atoms with E-state index in [0.29, 0.717) is 11.9 Å². The summed E-state index contributed by atoms with van der Waals surface area (Å²) in [5, 5.41) is 1.70. The Labute approximate surface area is 158 Å². The SMILES string of the molecule is Cc1ccc2cc(CN(C)Cc3ccc4c(c3)OCO4)c(Cl)nc2c1C. The molecule has 2 heterocycles. The predicted octanol–water partition coefficient (Wildman–Crippen LogP) is 4.87. The number of aromatic nitrogens is 1. The van der Waals surface area contributed by atoms with Crippen molar-refractivity contribution in [1.82, 2.24) is 9.88 Å². The number of pyridine rings is 1. The smallest absolute Gasteiger partial charge is 0.231 e. The third-order valence-corrected chi connectivity index (χ3v) is 5.19. The molecule has 1 aromatic heterocycles. The number of rotatable bonds is 4. The standard InChI is InChI=1S/C21H21ClN2O2/c1-13-4-6-16-9-17(21(22)23-20(16)14(13)2)11-24(3)10-15-5-7-18-19(8-15)26-12-25-18/h4-9H,10-12H2,1-3H3. The molecule has 0 amide bonds. The van der Waals surface area contributed by atoms with Crippen molar-refractivity contribution in [2.45, 2.75) is 26.9 Å². The van der Waals surface area contributed by atoms with Crippen molar-refractivity contribution < 1.29 is 9.47 Å². The van der Waals surface area contributed by atoms with E-state index in [-0.39, 0.29) is 0 Å². The van der Waals surface area contributed by atoms with Crippen LogP contribution in [0.1, 0.15) is 22.3 Å². The molecule has 1 aliphatic heterocycles. The van der Waals surface area contributed by atoms with Gasteiger partial charge in [-0.2, -0.15) is 0 Å². The molecular weight excluding hydrogens is 348 g/mol. The summed E-state index contributed by atoms with van der Waals surface area (Å²) in [5.74, 6) is 1.62. The molecule has 0 spiro atoms. The second-order valence-electron chi connectivity index (χ2n) is 6.88. The molecule has 0 N–H and O–H groups in total. The Morgan fingerprint density at radius 3 is 2.69 bits per heavy atom. The van der Waals surface area contributed by atoms with E-state index >= 15 is 0 Å². The molecule has 0 saturated carbocycles. The summed E-state index contributed by atoms with van der Waals surface area (Å²) in [6.07, 6.45) is 0. The second-order valence-corrected chi connectivity index (χ2v) is 7.24. The van der Waals surface area contributed by atoms with Crippen LogP contribution in [0.2, 0.25) is 5.15 Å². The van der Waals surface area contributed by atoms with Crippen LogP contribution in [0, 0.1) is 13.8 Å². The van der Waals surface area contributed by atoms with E-state index < -0.39 is 0 Å². The van der Waals surface area contributed by atoms with Gasteiger partial charge in [-0.25, -0.2) is 4.98 Å². The van der Waals surface area contributed by atoms with Crippen molar-refractivity contribution in [2.75, 3.05) is 13.8 Å². The summed E-state index contributed by atoms with van der Waals surface area (Å²) < 4.78 is 10.8. The zero-order valence-electron chi connectivity index (χ0n) is 15.2. The molecule has 0 fully saturated rings. The first-order chi connectivity index (χ1) is 12.5. The summed E-state index contributed by atoms with van der Waals surface area (Å²) >= 11 is 6.48. The van der Waals surface area contributed by atoms with Crippen LogP contribution < -0.4 is 9.47 Å². The fraction of sp³-hybridized carbons (Fsp3) is 0.286. The number of aryl methyl sites for hydroxylation is 2. The molecule has 5 heteroatoms. The molecule has 0 radical (unpaired) electrons. The van der Waals surface area contributed by atoms with Gasteiger partial charge in [-0.3, -0.25) is 4.90 Å². The summed E-state index contributed by atoms with van der Waals surface area (Å²) in [5.41, 5.74) is 5.61. The van der Waals surface area contributed by atoms with E-state index in [1.54, 1.807) is 0 Å². The molecule has 3 aromatic rings. The van der Waals surface area contributed by atoms with Crippen LogP contribution in [-0.2, 0) is 13.1 Å². The Balaban J connectivity index is 1.54. The van der Waals surface area contributed by atoms with Gasteiger partial charge in [0.15, 0.2) is 11.5 Å². The van der Waals surface area contributed by atoms with Crippen LogP contribution in [0.25, 0.3) is 10.9 Å². The lowest BCUT2D eigenvalue weighted by atomic mass is 10.0. The molecule has 0 bridgehead atoms. The van der Waals surface area contributed by atoms with Crippen molar-refractivity contribution in [1.29, 1.82) is 0 Å². The summed E-state index contributed by atoms with van der Waals surface area (Å²) in [4.78, 5) is 6.86. The summed E-state index contributed by atoms with van der Waals surface area (Å²) in [7, 11) is 2.07. The van der Waals surface area contributed by atoms with Gasteiger partial charge in [0.1, 0.15) is 5.15 Å². The molecule has 0 atom stereocenters. The van der Waals surface area contributed by atoms with Crippen molar-refractivity contribution in [3.63, 3.8) is 0 Å². The number of benzene rings is 2. The molecule has 134 valence electrons. The monoisotopic (exact) mass is 368 g/mol. The van der Waals surface area contributed by atoms with Gasteiger partial charge < -0.3 is 9.47 Å². The van der Waals surface area contributed by atoms with Crippen LogP contribution in [0.4, 0.5) is 0 Å². The number of hydrogen-bond donors (Lipinski definition) is 0. The zero-order valence-corrected chi connectivity index (χ0v) is 15.9. The first kappa shape index (κ1) is 17.1. The quantitative estimate of drug-likeness (QED) is 0.615. The average Bonchev–Trinajstić information content (AvgIpc) is 3.07. The van der Waals surface area contributed by atoms with E-state index in [9.17, 15) is 0 Å². The first-order valence-corrected chi connectivity index (χ1v) is 9.01. The molecule has 1 aliphatic rings. The maximum absolute atomic E-state index is 6.48. The molecule has 4 nitrogen and oxygen atoms in total. The Morgan fingerprint density at radius 2 is 1.85 bits per heavy atom. The number of ether oxygens (including phenoxy) is 2. The van der Waals surface area contributed by atoms with Crippen molar-refractivity contribution >= 4 is 22.5 Å². The van der Waals surface area contributed by atoms with Crippen molar-refractivity contribution in [3.05, 3.63) is 63.8 Å². The van der Waals surface area contributed by atoms with Gasteiger partial charge in [0, 0.05) is 24.0 Å². The molecule has 0 unspecified atom stereocenters. The highest BCUT2D eigenvalue weighted by molar-refractivity contribution is 6.30. The predicted molar refractivity (Wildman–Crippen MR) is 104 cm³/mol. The minimum atomic E-state index is 0.298. The number of nitrogens with zero attached hydrogens (tertiary/aromatic N) is 2. The molecule has 26 heavy (non-hydrogen) atoms. The van der Waals surface area contributed by atoms with E-state index in [0.717, 1.165) is 41.1 Å². The Hall–Kier alpha value is -2.30. The van der Waals surface area contributed by atoms with Gasteiger partial charge in [-0.05, 0) is 55.8 Å². The first-order valence-electron chi connectivity index (χ1n) is 8.63. The van der Waals surface area contributed by atoms with Crippen LogP contribution >= 0.6 is 11.6 Å². The Kier molecular flexibility index (Phi) is 4.47. The molecule has 0 aliphatic carbocycles. The third-order valence-electron chi connectivity index (χ3n) is 4.87. The molecule has 0 saturated heterocycles. The minimum absolute atomic E-state index is 0.298. The normalized spacial score (nSPS) is 13.0. The molecular formula is C21H21ClN2O2. The Bertz CT molecular complexity index is 987. The Morgan fingerprint density at radius 1 is 1.04 bits per heavy atom. The van der Waals surface area contributed by atoms with Gasteiger partial charge in [0.2, 0.25) is 6.79 Å². The van der Waals surface area contributed by atoms with Gasteiger partial charge in [0.05, 0.1) is 5.52 Å². The maximum atomic E-state index is 6.48. The average molecular weight is 369 g/mol. The number of halogens is 1. The lowest BCUT2D eigenvalue weighted by molar-refractivity contribution is 0.174. The largest absolute Gasteiger partial charge is 0.454 e. The van der Waals surface area contributed by atoms with E-state index in [2.05, 4.69) is 55.0 Å². The topological polar surface area (TPSA) is 34.6 Å². The second kappa shape index (κ2) is 6.78. The van der Waals surface area contributed by atoms with E-state index in [1.807, 2.05) is 12.1 Å². The highest BCUT2D eigenvalue weighted by atomic mass is 35.5. The van der Waals surface area contributed by atoms with E-state index in [1.165, 1.54) is 16.7 Å². The summed E-state index contributed by atoms with van der Waals surface area (Å²) in [6, 6.07) is 12.5. The van der Waals surface area contributed by atoms with Gasteiger partial charge in [-0.15, -0.1) is 0 Å². The zero-order chi connectivity index (χ0) is 18.3. The van der Waals surface area contributed by atoms with E-state index in [4.69, 9.17) is 21.1 Å². The summed E-state index contributed by atoms with van der Waals surface area (Å²) in [6.45, 7) is 6.00. The third kappa shape index (κ3) is 3.22. The van der Waals surface area contributed by atoms with Crippen LogP contribution in [0.3, 0.4) is 0 Å². The molecule has 4 rings (SSSR count). The number of hydrogen-bond acceptors (Lipinski definition) is 4. The maximum Gasteiger partial charge on any atom is 0.231 e. The van der Waals surface area contributed by atoms with Crippen molar-refractivity contribution in [3.8, 4) is 11.5 Å². The van der Waals surface area contributed by atoms with Crippen LogP contribution in [0.15, 0.2) is 36.4 Å². The highest BCUT2D eigenvalue weighted by Gasteiger charge is 2.15. The fourth-order valence-corrected chi connectivity index (χ4v) is 3.51. The lowest BCUT2D eigenvalue weighted by Gasteiger charge is -2.18. The lowest BCUT2D eigenvalue weighted by Crippen LogP contribution is -2.17. The van der Waals surface area contributed by atoms with Crippen molar-refractivity contribution in [2.24, 2.45) is 0 Å². The number of fused-ring (bicyclic) bond motifs is 2.